The summed E-state index contributed by atoms with van der Waals surface area (Å²) in [4.78, 5) is 11.7. The third kappa shape index (κ3) is 5.46. The highest BCUT2D eigenvalue weighted by Gasteiger charge is 2.38. The Bertz CT molecular complexity index is 1240. The van der Waals surface area contributed by atoms with Crippen molar-refractivity contribution in [3.05, 3.63) is 94.6 Å². The van der Waals surface area contributed by atoms with Gasteiger partial charge in [-0.05, 0) is 59.9 Å². The molecule has 0 aliphatic carbocycles. The average Bonchev–Trinajstić information content (AvgIpc) is 3.19. The van der Waals surface area contributed by atoms with Crippen molar-refractivity contribution in [2.24, 2.45) is 0 Å². The minimum absolute atomic E-state index is 0.0419. The Morgan fingerprint density at radius 1 is 1.09 bits per heavy atom. The van der Waals surface area contributed by atoms with Gasteiger partial charge in [0.05, 0.1) is 18.3 Å². The molecule has 184 valence electrons. The molecule has 0 bridgehead atoms. The molecule has 1 unspecified atom stereocenters. The Balaban J connectivity index is 1.63. The summed E-state index contributed by atoms with van der Waals surface area (Å²) in [6.45, 7) is 4.09. The van der Waals surface area contributed by atoms with Crippen molar-refractivity contribution in [1.29, 1.82) is 0 Å². The highest BCUT2D eigenvalue weighted by atomic mass is 19.1. The molecule has 3 aromatic carbocycles. The van der Waals surface area contributed by atoms with Crippen molar-refractivity contribution in [1.82, 2.24) is 0 Å². The predicted molar refractivity (Wildman–Crippen MR) is 130 cm³/mol. The number of carbonyl (C=O) groups is 1. The fraction of sp³-hybridized carbons (Fsp3) is 0.321. The minimum Gasteiger partial charge on any atom is -0.496 e. The van der Waals surface area contributed by atoms with Crippen LogP contribution in [0.15, 0.2) is 60.7 Å². The van der Waals surface area contributed by atoms with E-state index in [0.717, 1.165) is 5.56 Å². The smallest absolute Gasteiger partial charge is 0.338 e. The first kappa shape index (κ1) is 24.7. The lowest BCUT2D eigenvalue weighted by Gasteiger charge is -2.38. The zero-order chi connectivity index (χ0) is 25.2. The highest BCUT2D eigenvalue weighted by molar-refractivity contribution is 5.93. The van der Waals surface area contributed by atoms with Gasteiger partial charge in [-0.25, -0.2) is 13.6 Å². The van der Waals surface area contributed by atoms with Crippen LogP contribution in [0.5, 0.6) is 5.75 Å². The Kier molecular flexibility index (Phi) is 6.81. The molecule has 4 rings (SSSR count). The molecular formula is C28H29F2NO4. The molecule has 2 N–H and O–H groups in total. The highest BCUT2D eigenvalue weighted by Crippen LogP contribution is 2.39. The van der Waals surface area contributed by atoms with E-state index in [1.54, 1.807) is 36.4 Å². The van der Waals surface area contributed by atoms with Crippen LogP contribution in [0.25, 0.3) is 0 Å². The second-order valence-electron chi connectivity index (χ2n) is 9.70. The summed E-state index contributed by atoms with van der Waals surface area (Å²) in [5.41, 5.74) is 0.864. The molecule has 0 fully saturated rings. The summed E-state index contributed by atoms with van der Waals surface area (Å²) in [5, 5.41) is 15.1. The first-order valence-corrected chi connectivity index (χ1v) is 11.4. The van der Waals surface area contributed by atoms with Crippen molar-refractivity contribution in [2.45, 2.75) is 44.3 Å². The molecule has 35 heavy (non-hydrogen) atoms. The van der Waals surface area contributed by atoms with Gasteiger partial charge in [0.25, 0.3) is 0 Å². The van der Waals surface area contributed by atoms with Crippen LogP contribution >= 0.6 is 0 Å². The third-order valence-corrected chi connectivity index (χ3v) is 6.44. The third-order valence-electron chi connectivity index (χ3n) is 6.44. The zero-order valence-corrected chi connectivity index (χ0v) is 20.0. The number of methoxy groups -OCH3 is 1. The summed E-state index contributed by atoms with van der Waals surface area (Å²) >= 11 is 0. The van der Waals surface area contributed by atoms with E-state index in [0.29, 0.717) is 28.1 Å². The van der Waals surface area contributed by atoms with Gasteiger partial charge in [0.15, 0.2) is 0 Å². The number of carbonyl (C=O) groups excluding carboxylic acids is 1. The summed E-state index contributed by atoms with van der Waals surface area (Å²) < 4.78 is 39.2. The summed E-state index contributed by atoms with van der Waals surface area (Å²) in [7, 11) is 1.52. The number of rotatable bonds is 9. The van der Waals surface area contributed by atoms with Gasteiger partial charge in [-0.15, -0.1) is 0 Å². The molecule has 7 heteroatoms. The van der Waals surface area contributed by atoms with Crippen LogP contribution in [0.1, 0.15) is 47.3 Å². The molecule has 0 aromatic heterocycles. The number of ether oxygens (including phenoxy) is 2. The molecule has 5 nitrogen and oxygen atoms in total. The molecule has 0 saturated carbocycles. The van der Waals surface area contributed by atoms with E-state index in [-0.39, 0.29) is 32.0 Å². The van der Waals surface area contributed by atoms with Gasteiger partial charge in [0.2, 0.25) is 0 Å². The number of hydrogen-bond acceptors (Lipinski definition) is 5. The van der Waals surface area contributed by atoms with E-state index in [1.165, 1.54) is 25.3 Å². The molecule has 1 aliphatic heterocycles. The van der Waals surface area contributed by atoms with Crippen molar-refractivity contribution in [2.75, 3.05) is 19.0 Å². The molecule has 1 heterocycles. The van der Waals surface area contributed by atoms with Crippen LogP contribution in [0.2, 0.25) is 0 Å². The summed E-state index contributed by atoms with van der Waals surface area (Å²) in [5.74, 6) is -0.644. The molecule has 1 aliphatic rings. The largest absolute Gasteiger partial charge is 0.496 e. The standard InChI is InChI=1S/C28H29F2NO4/c1-27(2,23-13-20(29)8-11-25(23)34-3)16-28(33,14-18-6-4-5-7-24(18)30)17-31-21-9-10-22-19(12-21)15-35-26(22)32/h4-13,31,33H,14-17H2,1-3H3. The van der Waals surface area contributed by atoms with Gasteiger partial charge < -0.3 is 19.9 Å². The van der Waals surface area contributed by atoms with Gasteiger partial charge >= 0.3 is 5.97 Å². The van der Waals surface area contributed by atoms with Crippen LogP contribution in [0, 0.1) is 11.6 Å². The number of fused-ring (bicyclic) bond motifs is 1. The quantitative estimate of drug-likeness (QED) is 0.401. The fourth-order valence-corrected chi connectivity index (χ4v) is 4.82. The maximum atomic E-state index is 14.6. The van der Waals surface area contributed by atoms with Crippen LogP contribution < -0.4 is 10.1 Å². The molecular weight excluding hydrogens is 452 g/mol. The van der Waals surface area contributed by atoms with E-state index in [9.17, 15) is 18.7 Å². The van der Waals surface area contributed by atoms with Gasteiger partial charge in [0.1, 0.15) is 24.0 Å². The SMILES string of the molecule is COc1ccc(F)cc1C(C)(C)CC(O)(CNc1ccc2c(c1)COC2=O)Cc1ccccc1F. The maximum Gasteiger partial charge on any atom is 0.338 e. The maximum absolute atomic E-state index is 14.6. The second kappa shape index (κ2) is 9.66. The summed E-state index contributed by atoms with van der Waals surface area (Å²) in [6.07, 6.45) is 0.230. The lowest BCUT2D eigenvalue weighted by Crippen LogP contribution is -2.44. The minimum atomic E-state index is -1.41. The van der Waals surface area contributed by atoms with E-state index < -0.39 is 22.7 Å². The molecule has 0 spiro atoms. The number of benzene rings is 3. The van der Waals surface area contributed by atoms with E-state index in [4.69, 9.17) is 9.47 Å². The lowest BCUT2D eigenvalue weighted by atomic mass is 9.73. The molecule has 1 atom stereocenters. The Morgan fingerprint density at radius 3 is 2.60 bits per heavy atom. The average molecular weight is 482 g/mol. The zero-order valence-electron chi connectivity index (χ0n) is 20.0. The van der Waals surface area contributed by atoms with E-state index >= 15 is 0 Å². The van der Waals surface area contributed by atoms with Crippen molar-refractivity contribution in [3.63, 3.8) is 0 Å². The normalized spacial score (nSPS) is 14.7. The van der Waals surface area contributed by atoms with Crippen molar-refractivity contribution in [3.8, 4) is 5.75 Å². The first-order chi connectivity index (χ1) is 16.6. The second-order valence-corrected chi connectivity index (χ2v) is 9.70. The first-order valence-electron chi connectivity index (χ1n) is 11.4. The fourth-order valence-electron chi connectivity index (χ4n) is 4.82. The number of esters is 1. The van der Waals surface area contributed by atoms with Gasteiger partial charge in [-0.1, -0.05) is 32.0 Å². The van der Waals surface area contributed by atoms with E-state index in [1.807, 2.05) is 19.9 Å². The monoisotopic (exact) mass is 481 g/mol. The Labute approximate surface area is 203 Å². The van der Waals surface area contributed by atoms with Crippen LogP contribution in [0.4, 0.5) is 14.5 Å². The van der Waals surface area contributed by atoms with Gasteiger partial charge in [-0.3, -0.25) is 0 Å². The molecule has 0 saturated heterocycles. The predicted octanol–water partition coefficient (Wildman–Crippen LogP) is 5.40. The van der Waals surface area contributed by atoms with Gasteiger partial charge in [0, 0.05) is 29.8 Å². The number of aliphatic hydroxyl groups is 1. The summed E-state index contributed by atoms with van der Waals surface area (Å²) in [6, 6.07) is 15.9. The van der Waals surface area contributed by atoms with E-state index in [2.05, 4.69) is 5.32 Å². The molecule has 3 aromatic rings. The molecule has 0 amide bonds. The number of anilines is 1. The van der Waals surface area contributed by atoms with Crippen molar-refractivity contribution >= 4 is 11.7 Å². The number of hydrogen-bond donors (Lipinski definition) is 2. The van der Waals surface area contributed by atoms with Crippen LogP contribution in [-0.4, -0.2) is 30.3 Å². The molecule has 0 radical (unpaired) electrons. The Hall–Kier alpha value is -3.45. The van der Waals surface area contributed by atoms with Gasteiger partial charge in [-0.2, -0.15) is 0 Å². The van der Waals surface area contributed by atoms with Crippen LogP contribution in [0.3, 0.4) is 0 Å². The number of cyclic esters (lactones) is 1. The lowest BCUT2D eigenvalue weighted by molar-refractivity contribution is 0.0246. The number of halogens is 2. The number of nitrogens with one attached hydrogen (secondary N) is 1. The topological polar surface area (TPSA) is 67.8 Å². The Morgan fingerprint density at radius 2 is 1.86 bits per heavy atom. The van der Waals surface area contributed by atoms with Crippen LogP contribution in [-0.2, 0) is 23.2 Å². The van der Waals surface area contributed by atoms with Crippen molar-refractivity contribution < 1.29 is 28.2 Å².